The molecule has 1 aromatic heterocycles. The molecule has 1 fully saturated rings. The number of ether oxygens (including phenoxy) is 1. The summed E-state index contributed by atoms with van der Waals surface area (Å²) in [6, 6.07) is 15.8. The molecular weight excluding hydrogens is 404 g/mol. The van der Waals surface area contributed by atoms with Gasteiger partial charge in [-0.1, -0.05) is 18.2 Å². The molecule has 0 aliphatic carbocycles. The molecule has 1 aliphatic rings. The zero-order valence-corrected chi connectivity index (χ0v) is 18.9. The Labute approximate surface area is 188 Å². The van der Waals surface area contributed by atoms with E-state index in [9.17, 15) is 9.59 Å². The lowest BCUT2D eigenvalue weighted by molar-refractivity contribution is 0.0198. The third kappa shape index (κ3) is 5.16. The minimum absolute atomic E-state index is 0.0523. The first-order valence-electron chi connectivity index (χ1n) is 11.1. The molecule has 1 amide bonds. The van der Waals surface area contributed by atoms with Crippen LogP contribution in [0.4, 0.5) is 4.79 Å². The Morgan fingerprint density at radius 3 is 2.44 bits per heavy atom. The number of nitrogens with one attached hydrogen (secondary N) is 1. The number of likely N-dealkylation sites (tertiary alicyclic amines) is 1. The Bertz CT molecular complexity index is 1090. The summed E-state index contributed by atoms with van der Waals surface area (Å²) in [5, 5.41) is 8.88. The molecule has 32 heavy (non-hydrogen) atoms. The zero-order chi connectivity index (χ0) is 22.7. The predicted octanol–water partition coefficient (Wildman–Crippen LogP) is 4.20. The number of benzene rings is 2. The van der Waals surface area contributed by atoms with Crippen molar-refractivity contribution in [3.05, 3.63) is 60.3 Å². The van der Waals surface area contributed by atoms with Crippen molar-refractivity contribution >= 4 is 22.8 Å². The van der Waals surface area contributed by atoms with E-state index >= 15 is 0 Å². The van der Waals surface area contributed by atoms with Gasteiger partial charge in [-0.25, -0.2) is 9.48 Å². The van der Waals surface area contributed by atoms with Crippen LogP contribution in [-0.2, 0) is 4.74 Å². The highest BCUT2D eigenvalue weighted by molar-refractivity contribution is 5.97. The Balaban J connectivity index is 1.28. The number of rotatable bonds is 5. The molecule has 0 bridgehead atoms. The molecule has 3 aromatic rings. The standard InChI is InChI=1S/C25H30N4O3/c1-25(2,3)32-24(31)28-14-12-20(13-15-28)26-17-23(30)18-8-10-21(11-9-18)29-22-7-5-4-6-19(22)16-27-29/h4-11,16,20,26H,12-15,17H2,1-3H3. The topological polar surface area (TPSA) is 76.5 Å². The second kappa shape index (κ2) is 9.12. The van der Waals surface area contributed by atoms with Gasteiger partial charge in [0.15, 0.2) is 5.78 Å². The number of hydrogen-bond donors (Lipinski definition) is 1. The van der Waals surface area contributed by atoms with Crippen LogP contribution in [0.25, 0.3) is 16.6 Å². The largest absolute Gasteiger partial charge is 0.444 e. The van der Waals surface area contributed by atoms with E-state index in [1.807, 2.05) is 80.2 Å². The molecule has 0 unspecified atom stereocenters. The summed E-state index contributed by atoms with van der Waals surface area (Å²) in [6.45, 7) is 7.15. The van der Waals surface area contributed by atoms with Gasteiger partial charge < -0.3 is 15.0 Å². The highest BCUT2D eigenvalue weighted by atomic mass is 16.6. The van der Waals surface area contributed by atoms with Crippen molar-refractivity contribution in [1.29, 1.82) is 0 Å². The minimum Gasteiger partial charge on any atom is -0.444 e. The number of hydrogen-bond acceptors (Lipinski definition) is 5. The van der Waals surface area contributed by atoms with Gasteiger partial charge in [-0.05, 0) is 63.9 Å². The monoisotopic (exact) mass is 434 g/mol. The first-order chi connectivity index (χ1) is 15.3. The van der Waals surface area contributed by atoms with Crippen molar-refractivity contribution in [2.24, 2.45) is 0 Å². The lowest BCUT2D eigenvalue weighted by Crippen LogP contribution is -2.47. The van der Waals surface area contributed by atoms with E-state index in [1.54, 1.807) is 4.90 Å². The molecule has 1 saturated heterocycles. The van der Waals surface area contributed by atoms with E-state index in [0.717, 1.165) is 29.4 Å². The van der Waals surface area contributed by atoms with E-state index in [1.165, 1.54) is 0 Å². The van der Waals surface area contributed by atoms with Gasteiger partial charge in [0.2, 0.25) is 0 Å². The normalized spacial score (nSPS) is 15.2. The van der Waals surface area contributed by atoms with Crippen molar-refractivity contribution < 1.29 is 14.3 Å². The fraction of sp³-hybridized carbons (Fsp3) is 0.400. The summed E-state index contributed by atoms with van der Waals surface area (Å²) in [6.07, 6.45) is 3.18. The highest BCUT2D eigenvalue weighted by Crippen LogP contribution is 2.19. The molecule has 0 radical (unpaired) electrons. The van der Waals surface area contributed by atoms with Gasteiger partial charge in [0.05, 0.1) is 23.9 Å². The summed E-state index contributed by atoms with van der Waals surface area (Å²) in [5.74, 6) is 0.0523. The first kappa shape index (κ1) is 22.0. The van der Waals surface area contributed by atoms with Crippen molar-refractivity contribution in [3.8, 4) is 5.69 Å². The van der Waals surface area contributed by atoms with Crippen molar-refractivity contribution in [1.82, 2.24) is 20.0 Å². The van der Waals surface area contributed by atoms with Crippen molar-refractivity contribution in [2.45, 2.75) is 45.3 Å². The number of Topliss-reactive ketones (excluding diaryl/α,β-unsaturated/α-hetero) is 1. The van der Waals surface area contributed by atoms with Gasteiger partial charge >= 0.3 is 6.09 Å². The van der Waals surface area contributed by atoms with Crippen LogP contribution in [-0.4, -0.2) is 57.8 Å². The van der Waals surface area contributed by atoms with Crippen molar-refractivity contribution in [2.75, 3.05) is 19.6 Å². The van der Waals surface area contributed by atoms with Crippen LogP contribution < -0.4 is 5.32 Å². The number of carbonyl (C=O) groups is 2. The van der Waals surface area contributed by atoms with E-state index in [-0.39, 0.29) is 24.5 Å². The van der Waals surface area contributed by atoms with Crippen LogP contribution in [0.5, 0.6) is 0 Å². The average molecular weight is 435 g/mol. The molecule has 2 aromatic carbocycles. The maximum Gasteiger partial charge on any atom is 0.410 e. The number of para-hydroxylation sites is 1. The summed E-state index contributed by atoms with van der Waals surface area (Å²) < 4.78 is 7.31. The predicted molar refractivity (Wildman–Crippen MR) is 124 cm³/mol. The van der Waals surface area contributed by atoms with Crippen LogP contribution in [0.1, 0.15) is 44.0 Å². The lowest BCUT2D eigenvalue weighted by atomic mass is 10.0. The van der Waals surface area contributed by atoms with Crippen LogP contribution in [0.3, 0.4) is 0 Å². The third-order valence-corrected chi connectivity index (χ3v) is 5.61. The molecule has 4 rings (SSSR count). The smallest absolute Gasteiger partial charge is 0.410 e. The Morgan fingerprint density at radius 2 is 1.75 bits per heavy atom. The molecule has 168 valence electrons. The highest BCUT2D eigenvalue weighted by Gasteiger charge is 2.26. The van der Waals surface area contributed by atoms with E-state index in [0.29, 0.717) is 18.7 Å². The molecule has 2 heterocycles. The number of aromatic nitrogens is 2. The number of fused-ring (bicyclic) bond motifs is 1. The fourth-order valence-corrected chi connectivity index (χ4v) is 3.90. The van der Waals surface area contributed by atoms with Crippen molar-refractivity contribution in [3.63, 3.8) is 0 Å². The number of carbonyl (C=O) groups excluding carboxylic acids is 2. The van der Waals surface area contributed by atoms with Gasteiger partial charge in [-0.15, -0.1) is 0 Å². The molecule has 1 aliphatic heterocycles. The molecule has 1 N–H and O–H groups in total. The third-order valence-electron chi connectivity index (χ3n) is 5.61. The van der Waals surface area contributed by atoms with E-state index in [4.69, 9.17) is 4.74 Å². The lowest BCUT2D eigenvalue weighted by Gasteiger charge is -2.33. The Hall–Kier alpha value is -3.19. The van der Waals surface area contributed by atoms with Gasteiger partial charge in [0, 0.05) is 30.1 Å². The minimum atomic E-state index is -0.487. The van der Waals surface area contributed by atoms with E-state index in [2.05, 4.69) is 10.4 Å². The fourth-order valence-electron chi connectivity index (χ4n) is 3.90. The average Bonchev–Trinajstić information content (AvgIpc) is 3.21. The summed E-state index contributed by atoms with van der Waals surface area (Å²) in [7, 11) is 0. The van der Waals surface area contributed by atoms with Crippen LogP contribution in [0, 0.1) is 0 Å². The second-order valence-corrected chi connectivity index (χ2v) is 9.21. The molecule has 7 nitrogen and oxygen atoms in total. The molecule has 7 heteroatoms. The van der Waals surface area contributed by atoms with E-state index < -0.39 is 5.60 Å². The molecule has 0 saturated carbocycles. The van der Waals surface area contributed by atoms with Gasteiger partial charge in [0.25, 0.3) is 0 Å². The number of nitrogens with zero attached hydrogens (tertiary/aromatic N) is 3. The van der Waals surface area contributed by atoms with Gasteiger partial charge in [0.1, 0.15) is 5.60 Å². The van der Waals surface area contributed by atoms with Crippen LogP contribution >= 0.6 is 0 Å². The summed E-state index contributed by atoms with van der Waals surface area (Å²) in [5.41, 5.74) is 2.14. The maximum atomic E-state index is 12.7. The number of ketones is 1. The molecular formula is C25H30N4O3. The number of piperidine rings is 1. The molecule has 0 spiro atoms. The quantitative estimate of drug-likeness (QED) is 0.609. The molecule has 0 atom stereocenters. The van der Waals surface area contributed by atoms with Gasteiger partial charge in [-0.2, -0.15) is 5.10 Å². The second-order valence-electron chi connectivity index (χ2n) is 9.21. The van der Waals surface area contributed by atoms with Crippen LogP contribution in [0.15, 0.2) is 54.7 Å². The Kier molecular flexibility index (Phi) is 6.28. The SMILES string of the molecule is CC(C)(C)OC(=O)N1CCC(NCC(=O)c2ccc(-n3ncc4ccccc43)cc2)CC1. The summed E-state index contributed by atoms with van der Waals surface area (Å²) in [4.78, 5) is 26.6. The first-order valence-corrected chi connectivity index (χ1v) is 11.1. The Morgan fingerprint density at radius 1 is 1.06 bits per heavy atom. The number of amides is 1. The maximum absolute atomic E-state index is 12.7. The zero-order valence-electron chi connectivity index (χ0n) is 18.9. The summed E-state index contributed by atoms with van der Waals surface area (Å²) >= 11 is 0. The van der Waals surface area contributed by atoms with Crippen LogP contribution in [0.2, 0.25) is 0 Å². The van der Waals surface area contributed by atoms with Gasteiger partial charge in [-0.3, -0.25) is 4.79 Å².